The molecule has 1 N–H and O–H groups in total. The summed E-state index contributed by atoms with van der Waals surface area (Å²) < 4.78 is 5.58. The molecule has 1 aliphatic heterocycles. The molecule has 1 aliphatic carbocycles. The lowest BCUT2D eigenvalue weighted by molar-refractivity contribution is -0.132. The van der Waals surface area contributed by atoms with Crippen LogP contribution < -0.4 is 5.32 Å². The second kappa shape index (κ2) is 7.79. The van der Waals surface area contributed by atoms with E-state index in [-0.39, 0.29) is 11.8 Å². The normalized spacial score (nSPS) is 18.7. The fourth-order valence-electron chi connectivity index (χ4n) is 2.90. The van der Waals surface area contributed by atoms with Gasteiger partial charge in [0.1, 0.15) is 6.10 Å². The highest BCUT2D eigenvalue weighted by molar-refractivity contribution is 5.80. The van der Waals surface area contributed by atoms with E-state index in [2.05, 4.69) is 11.4 Å². The standard InChI is InChI=1S/C19H26N2O3/c1-14(24-13-15-7-8-15)19(23)20-11-16-4-2-5-17(10-16)12-21-9-3-6-18(21)22/h2,4-5,10,14-15H,3,6-9,11-13H2,1H3,(H,20,23)/t14-/m0/s1. The summed E-state index contributed by atoms with van der Waals surface area (Å²) in [6.07, 6.45) is 3.65. The van der Waals surface area contributed by atoms with E-state index >= 15 is 0 Å². The molecule has 2 aliphatic rings. The zero-order chi connectivity index (χ0) is 16.9. The van der Waals surface area contributed by atoms with Crippen LogP contribution in [0, 0.1) is 5.92 Å². The van der Waals surface area contributed by atoms with E-state index < -0.39 is 6.10 Å². The predicted molar refractivity (Wildman–Crippen MR) is 91.1 cm³/mol. The van der Waals surface area contributed by atoms with E-state index in [1.54, 1.807) is 6.92 Å². The Kier molecular flexibility index (Phi) is 5.51. The predicted octanol–water partition coefficient (Wildman–Crippen LogP) is 2.24. The number of amides is 2. The van der Waals surface area contributed by atoms with Gasteiger partial charge in [0.2, 0.25) is 11.8 Å². The Morgan fingerprint density at radius 3 is 2.88 bits per heavy atom. The summed E-state index contributed by atoms with van der Waals surface area (Å²) in [5.41, 5.74) is 2.15. The van der Waals surface area contributed by atoms with Gasteiger partial charge in [-0.1, -0.05) is 24.3 Å². The summed E-state index contributed by atoms with van der Waals surface area (Å²) in [4.78, 5) is 25.7. The SMILES string of the molecule is C[C@H](OCC1CC1)C(=O)NCc1cccc(CN2CCCC2=O)c1. The number of benzene rings is 1. The molecule has 0 spiro atoms. The summed E-state index contributed by atoms with van der Waals surface area (Å²) in [5, 5.41) is 2.93. The Balaban J connectivity index is 1.46. The van der Waals surface area contributed by atoms with Crippen molar-refractivity contribution in [2.75, 3.05) is 13.2 Å². The van der Waals surface area contributed by atoms with E-state index in [9.17, 15) is 9.59 Å². The van der Waals surface area contributed by atoms with E-state index in [0.717, 1.165) is 24.1 Å². The van der Waals surface area contributed by atoms with Crippen molar-refractivity contribution < 1.29 is 14.3 Å². The van der Waals surface area contributed by atoms with Crippen LogP contribution >= 0.6 is 0 Å². The number of carbonyl (C=O) groups is 2. The number of likely N-dealkylation sites (tertiary alicyclic amines) is 1. The molecule has 0 aromatic heterocycles. The average Bonchev–Trinajstić information content (AvgIpc) is 3.33. The number of rotatable bonds is 8. The number of ether oxygens (including phenoxy) is 1. The first kappa shape index (κ1) is 17.0. The van der Waals surface area contributed by atoms with Gasteiger partial charge in [0.15, 0.2) is 0 Å². The minimum Gasteiger partial charge on any atom is -0.368 e. The van der Waals surface area contributed by atoms with Crippen molar-refractivity contribution >= 4 is 11.8 Å². The topological polar surface area (TPSA) is 58.6 Å². The van der Waals surface area contributed by atoms with Gasteiger partial charge in [0, 0.05) is 26.1 Å². The van der Waals surface area contributed by atoms with Gasteiger partial charge in [-0.05, 0) is 43.2 Å². The smallest absolute Gasteiger partial charge is 0.249 e. The molecule has 5 heteroatoms. The first-order valence-electron chi connectivity index (χ1n) is 8.87. The van der Waals surface area contributed by atoms with E-state index in [1.165, 1.54) is 12.8 Å². The molecule has 1 aromatic carbocycles. The van der Waals surface area contributed by atoms with Crippen molar-refractivity contribution in [2.24, 2.45) is 5.92 Å². The van der Waals surface area contributed by atoms with Crippen molar-refractivity contribution in [3.8, 4) is 0 Å². The number of carbonyl (C=O) groups excluding carboxylic acids is 2. The van der Waals surface area contributed by atoms with Gasteiger partial charge in [0.25, 0.3) is 0 Å². The summed E-state index contributed by atoms with van der Waals surface area (Å²) in [6.45, 7) is 4.47. The molecule has 130 valence electrons. The van der Waals surface area contributed by atoms with Crippen LogP contribution in [-0.4, -0.2) is 36.0 Å². The fourth-order valence-corrected chi connectivity index (χ4v) is 2.90. The average molecular weight is 330 g/mol. The monoisotopic (exact) mass is 330 g/mol. The largest absolute Gasteiger partial charge is 0.368 e. The first-order chi connectivity index (χ1) is 11.6. The first-order valence-corrected chi connectivity index (χ1v) is 8.87. The minimum absolute atomic E-state index is 0.0734. The lowest BCUT2D eigenvalue weighted by Crippen LogP contribution is -2.34. The van der Waals surface area contributed by atoms with Crippen LogP contribution in [0.3, 0.4) is 0 Å². The van der Waals surface area contributed by atoms with Gasteiger partial charge < -0.3 is 15.0 Å². The number of nitrogens with zero attached hydrogens (tertiary/aromatic N) is 1. The van der Waals surface area contributed by atoms with Crippen LogP contribution in [0.4, 0.5) is 0 Å². The van der Waals surface area contributed by atoms with Gasteiger partial charge in [-0.25, -0.2) is 0 Å². The van der Waals surface area contributed by atoms with Gasteiger partial charge in [-0.2, -0.15) is 0 Å². The third-order valence-corrected chi connectivity index (χ3v) is 4.65. The summed E-state index contributed by atoms with van der Waals surface area (Å²) in [6, 6.07) is 8.05. The molecule has 0 unspecified atom stereocenters. The lowest BCUT2D eigenvalue weighted by Gasteiger charge is -2.16. The van der Waals surface area contributed by atoms with Crippen LogP contribution in [0.5, 0.6) is 0 Å². The molecule has 0 bridgehead atoms. The molecule has 1 atom stereocenters. The second-order valence-electron chi connectivity index (χ2n) is 6.88. The minimum atomic E-state index is -0.406. The molecule has 5 nitrogen and oxygen atoms in total. The number of hydrogen-bond donors (Lipinski definition) is 1. The van der Waals surface area contributed by atoms with Crippen LogP contribution in [0.1, 0.15) is 43.7 Å². The summed E-state index contributed by atoms with van der Waals surface area (Å²) in [7, 11) is 0. The Labute approximate surface area is 143 Å². The molecule has 1 saturated carbocycles. The number of nitrogens with one attached hydrogen (secondary N) is 1. The molecule has 2 amide bonds. The molecule has 0 radical (unpaired) electrons. The van der Waals surface area contributed by atoms with Crippen molar-refractivity contribution in [3.63, 3.8) is 0 Å². The molecular formula is C19H26N2O3. The van der Waals surface area contributed by atoms with Crippen molar-refractivity contribution in [3.05, 3.63) is 35.4 Å². The molecule has 1 saturated heterocycles. The van der Waals surface area contributed by atoms with Gasteiger partial charge in [-0.3, -0.25) is 9.59 Å². The highest BCUT2D eigenvalue weighted by atomic mass is 16.5. The maximum Gasteiger partial charge on any atom is 0.249 e. The third-order valence-electron chi connectivity index (χ3n) is 4.65. The van der Waals surface area contributed by atoms with Crippen LogP contribution in [-0.2, 0) is 27.4 Å². The third kappa shape index (κ3) is 4.81. The van der Waals surface area contributed by atoms with Crippen LogP contribution in [0.2, 0.25) is 0 Å². The maximum atomic E-state index is 12.1. The van der Waals surface area contributed by atoms with E-state index in [4.69, 9.17) is 4.74 Å². The molecular weight excluding hydrogens is 304 g/mol. The molecule has 24 heavy (non-hydrogen) atoms. The molecule has 2 fully saturated rings. The highest BCUT2D eigenvalue weighted by Gasteiger charge is 2.24. The Bertz CT molecular complexity index is 598. The second-order valence-corrected chi connectivity index (χ2v) is 6.88. The summed E-state index contributed by atoms with van der Waals surface area (Å²) in [5.74, 6) is 0.816. The van der Waals surface area contributed by atoms with Gasteiger partial charge in [-0.15, -0.1) is 0 Å². The van der Waals surface area contributed by atoms with E-state index in [0.29, 0.717) is 32.0 Å². The Hall–Kier alpha value is -1.88. The zero-order valence-electron chi connectivity index (χ0n) is 14.3. The van der Waals surface area contributed by atoms with Gasteiger partial charge in [0.05, 0.1) is 6.61 Å². The highest BCUT2D eigenvalue weighted by Crippen LogP contribution is 2.29. The van der Waals surface area contributed by atoms with Crippen molar-refractivity contribution in [1.29, 1.82) is 0 Å². The lowest BCUT2D eigenvalue weighted by atomic mass is 10.1. The number of hydrogen-bond acceptors (Lipinski definition) is 3. The van der Waals surface area contributed by atoms with Crippen LogP contribution in [0.15, 0.2) is 24.3 Å². The fraction of sp³-hybridized carbons (Fsp3) is 0.579. The van der Waals surface area contributed by atoms with Crippen molar-refractivity contribution in [2.45, 2.75) is 51.8 Å². The quantitative estimate of drug-likeness (QED) is 0.795. The Morgan fingerprint density at radius 2 is 2.17 bits per heavy atom. The molecule has 1 aromatic rings. The van der Waals surface area contributed by atoms with Crippen molar-refractivity contribution in [1.82, 2.24) is 10.2 Å². The Morgan fingerprint density at radius 1 is 1.38 bits per heavy atom. The van der Waals surface area contributed by atoms with Gasteiger partial charge >= 0.3 is 0 Å². The van der Waals surface area contributed by atoms with E-state index in [1.807, 2.05) is 23.1 Å². The molecule has 3 rings (SSSR count). The van der Waals surface area contributed by atoms with Crippen LogP contribution in [0.25, 0.3) is 0 Å². The summed E-state index contributed by atoms with van der Waals surface area (Å²) >= 11 is 0. The zero-order valence-corrected chi connectivity index (χ0v) is 14.3. The maximum absolute atomic E-state index is 12.1. The molecule has 1 heterocycles.